The van der Waals surface area contributed by atoms with Gasteiger partial charge in [-0.05, 0) is 18.2 Å². The van der Waals surface area contributed by atoms with Gasteiger partial charge >= 0.3 is 0 Å². The van der Waals surface area contributed by atoms with Gasteiger partial charge in [0.15, 0.2) is 0 Å². The molecule has 1 aromatic heterocycles. The SMILES string of the molecule is O=[N+]([O-])c1cc(Br)ccc1CNCc1ccoc1. The maximum atomic E-state index is 10.9. The van der Waals surface area contributed by atoms with Crippen LogP contribution >= 0.6 is 15.9 Å². The van der Waals surface area contributed by atoms with Crippen LogP contribution < -0.4 is 5.32 Å². The van der Waals surface area contributed by atoms with Gasteiger partial charge in [-0.15, -0.1) is 0 Å². The van der Waals surface area contributed by atoms with E-state index in [1.54, 1.807) is 24.7 Å². The van der Waals surface area contributed by atoms with Crippen LogP contribution in [0.2, 0.25) is 0 Å². The van der Waals surface area contributed by atoms with Gasteiger partial charge in [0.1, 0.15) is 0 Å². The fourth-order valence-electron chi connectivity index (χ4n) is 1.59. The third-order valence-electron chi connectivity index (χ3n) is 2.47. The second-order valence-electron chi connectivity index (χ2n) is 3.77. The van der Waals surface area contributed by atoms with E-state index in [1.165, 1.54) is 6.07 Å². The van der Waals surface area contributed by atoms with Crippen molar-refractivity contribution in [3.63, 3.8) is 0 Å². The van der Waals surface area contributed by atoms with E-state index in [-0.39, 0.29) is 10.6 Å². The molecule has 0 aliphatic carbocycles. The van der Waals surface area contributed by atoms with E-state index in [4.69, 9.17) is 4.42 Å². The van der Waals surface area contributed by atoms with Crippen molar-refractivity contribution in [2.24, 2.45) is 0 Å². The Kier molecular flexibility index (Phi) is 4.11. The molecule has 0 atom stereocenters. The lowest BCUT2D eigenvalue weighted by Gasteiger charge is -2.05. The Morgan fingerprint density at radius 1 is 1.33 bits per heavy atom. The molecule has 0 radical (unpaired) electrons. The fourth-order valence-corrected chi connectivity index (χ4v) is 1.94. The summed E-state index contributed by atoms with van der Waals surface area (Å²) < 4.78 is 5.64. The highest BCUT2D eigenvalue weighted by Crippen LogP contribution is 2.23. The average molecular weight is 311 g/mol. The fraction of sp³-hybridized carbons (Fsp3) is 0.167. The molecule has 0 aliphatic heterocycles. The second-order valence-corrected chi connectivity index (χ2v) is 4.68. The summed E-state index contributed by atoms with van der Waals surface area (Å²) in [7, 11) is 0. The molecular weight excluding hydrogens is 300 g/mol. The van der Waals surface area contributed by atoms with E-state index in [2.05, 4.69) is 21.2 Å². The van der Waals surface area contributed by atoms with Gasteiger partial charge in [0.2, 0.25) is 0 Å². The summed E-state index contributed by atoms with van der Waals surface area (Å²) in [5, 5.41) is 14.0. The van der Waals surface area contributed by atoms with Crippen molar-refractivity contribution in [1.82, 2.24) is 5.32 Å². The first-order valence-corrected chi connectivity index (χ1v) is 6.11. The number of nitrogens with one attached hydrogen (secondary N) is 1. The van der Waals surface area contributed by atoms with E-state index >= 15 is 0 Å². The van der Waals surface area contributed by atoms with Gasteiger partial charge in [-0.25, -0.2) is 0 Å². The number of nitro groups is 1. The Morgan fingerprint density at radius 3 is 2.83 bits per heavy atom. The maximum Gasteiger partial charge on any atom is 0.275 e. The Labute approximate surface area is 112 Å². The Hall–Kier alpha value is -1.66. The standard InChI is InChI=1S/C12H11BrN2O3/c13-11-2-1-10(12(5-11)15(16)17)7-14-6-9-3-4-18-8-9/h1-5,8,14H,6-7H2. The number of nitrogens with zero attached hydrogens (tertiary/aromatic N) is 1. The quantitative estimate of drug-likeness (QED) is 0.680. The minimum Gasteiger partial charge on any atom is -0.472 e. The van der Waals surface area contributed by atoms with Crippen molar-refractivity contribution in [2.75, 3.05) is 0 Å². The summed E-state index contributed by atoms with van der Waals surface area (Å²) in [6, 6.07) is 6.89. The molecule has 0 bridgehead atoms. The van der Waals surface area contributed by atoms with Crippen LogP contribution in [0.3, 0.4) is 0 Å². The zero-order valence-corrected chi connectivity index (χ0v) is 11.0. The lowest BCUT2D eigenvalue weighted by molar-refractivity contribution is -0.385. The number of nitro benzene ring substituents is 1. The molecule has 0 fully saturated rings. The lowest BCUT2D eigenvalue weighted by Crippen LogP contribution is -2.13. The van der Waals surface area contributed by atoms with Crippen molar-refractivity contribution < 1.29 is 9.34 Å². The predicted octanol–water partition coefficient (Wildman–Crippen LogP) is 3.24. The number of rotatable bonds is 5. The summed E-state index contributed by atoms with van der Waals surface area (Å²) in [4.78, 5) is 10.5. The van der Waals surface area contributed by atoms with Crippen molar-refractivity contribution in [2.45, 2.75) is 13.1 Å². The van der Waals surface area contributed by atoms with Crippen molar-refractivity contribution in [3.05, 3.63) is 62.5 Å². The molecule has 94 valence electrons. The normalized spacial score (nSPS) is 10.5. The third kappa shape index (κ3) is 3.18. The highest BCUT2D eigenvalue weighted by atomic mass is 79.9. The Balaban J connectivity index is 2.02. The lowest BCUT2D eigenvalue weighted by atomic mass is 10.2. The van der Waals surface area contributed by atoms with E-state index in [9.17, 15) is 10.1 Å². The van der Waals surface area contributed by atoms with Crippen LogP contribution in [0, 0.1) is 10.1 Å². The Bertz CT molecular complexity index is 540. The van der Waals surface area contributed by atoms with Crippen LogP contribution in [0.25, 0.3) is 0 Å². The molecule has 0 saturated heterocycles. The monoisotopic (exact) mass is 310 g/mol. The topological polar surface area (TPSA) is 68.3 Å². The molecule has 2 aromatic rings. The molecule has 5 nitrogen and oxygen atoms in total. The minimum absolute atomic E-state index is 0.115. The average Bonchev–Trinajstić information content (AvgIpc) is 2.84. The molecular formula is C12H11BrN2O3. The molecule has 0 saturated carbocycles. The molecule has 1 aromatic carbocycles. The summed E-state index contributed by atoms with van der Waals surface area (Å²) in [5.41, 5.74) is 1.78. The smallest absolute Gasteiger partial charge is 0.275 e. The van der Waals surface area contributed by atoms with Crippen LogP contribution in [0.5, 0.6) is 0 Å². The molecule has 18 heavy (non-hydrogen) atoms. The highest BCUT2D eigenvalue weighted by Gasteiger charge is 2.13. The maximum absolute atomic E-state index is 10.9. The van der Waals surface area contributed by atoms with Crippen molar-refractivity contribution in [1.29, 1.82) is 0 Å². The van der Waals surface area contributed by atoms with Gasteiger partial charge in [-0.2, -0.15) is 0 Å². The van der Waals surface area contributed by atoms with Crippen molar-refractivity contribution >= 4 is 21.6 Å². The van der Waals surface area contributed by atoms with Gasteiger partial charge in [0.05, 0.1) is 17.4 Å². The number of hydrogen-bond acceptors (Lipinski definition) is 4. The van der Waals surface area contributed by atoms with Gasteiger partial charge in [0, 0.05) is 34.8 Å². The largest absolute Gasteiger partial charge is 0.472 e. The molecule has 0 spiro atoms. The van der Waals surface area contributed by atoms with E-state index in [0.717, 1.165) is 5.56 Å². The van der Waals surface area contributed by atoms with E-state index in [0.29, 0.717) is 23.1 Å². The van der Waals surface area contributed by atoms with Crippen LogP contribution in [-0.4, -0.2) is 4.92 Å². The summed E-state index contributed by atoms with van der Waals surface area (Å²) in [6.45, 7) is 1.05. The van der Waals surface area contributed by atoms with Crippen LogP contribution in [-0.2, 0) is 13.1 Å². The van der Waals surface area contributed by atoms with Gasteiger partial charge in [-0.1, -0.05) is 15.9 Å². The summed E-state index contributed by atoms with van der Waals surface area (Å²) in [6.07, 6.45) is 3.24. The number of furan rings is 1. The Morgan fingerprint density at radius 2 is 2.17 bits per heavy atom. The summed E-state index contributed by atoms with van der Waals surface area (Å²) in [5.74, 6) is 0. The van der Waals surface area contributed by atoms with Crippen LogP contribution in [0.4, 0.5) is 5.69 Å². The zero-order valence-electron chi connectivity index (χ0n) is 9.43. The second kappa shape index (κ2) is 5.79. The third-order valence-corrected chi connectivity index (χ3v) is 2.96. The molecule has 1 heterocycles. The predicted molar refractivity (Wildman–Crippen MR) is 70.0 cm³/mol. The minimum atomic E-state index is -0.375. The first-order chi connectivity index (χ1) is 8.66. The summed E-state index contributed by atoms with van der Waals surface area (Å²) >= 11 is 3.23. The number of benzene rings is 1. The van der Waals surface area contributed by atoms with Gasteiger partial charge in [0.25, 0.3) is 5.69 Å². The van der Waals surface area contributed by atoms with Crippen LogP contribution in [0.1, 0.15) is 11.1 Å². The van der Waals surface area contributed by atoms with E-state index in [1.807, 2.05) is 6.07 Å². The first-order valence-electron chi connectivity index (χ1n) is 5.31. The van der Waals surface area contributed by atoms with Crippen LogP contribution in [0.15, 0.2) is 45.7 Å². The molecule has 0 amide bonds. The first kappa shape index (κ1) is 12.8. The number of hydrogen-bond donors (Lipinski definition) is 1. The number of halogens is 1. The molecule has 6 heteroatoms. The highest BCUT2D eigenvalue weighted by molar-refractivity contribution is 9.10. The van der Waals surface area contributed by atoms with Gasteiger partial charge in [-0.3, -0.25) is 10.1 Å². The zero-order chi connectivity index (χ0) is 13.0. The molecule has 1 N–H and O–H groups in total. The molecule has 0 aliphatic rings. The van der Waals surface area contributed by atoms with E-state index < -0.39 is 0 Å². The molecule has 2 rings (SSSR count). The molecule has 0 unspecified atom stereocenters. The van der Waals surface area contributed by atoms with Crippen molar-refractivity contribution in [3.8, 4) is 0 Å². The van der Waals surface area contributed by atoms with Gasteiger partial charge < -0.3 is 9.73 Å².